The number of nitrogens with one attached hydrogen (secondary N) is 2. The van der Waals surface area contributed by atoms with Crippen LogP contribution >= 0.6 is 0 Å². The summed E-state index contributed by atoms with van der Waals surface area (Å²) in [5.74, 6) is -2.07. The molecule has 10 heteroatoms. The minimum atomic E-state index is -0.944. The molecule has 2 aliphatic carbocycles. The number of imide groups is 1. The fourth-order valence-electron chi connectivity index (χ4n) is 3.87. The smallest absolute Gasteiger partial charge is 0.326 e. The summed E-state index contributed by atoms with van der Waals surface area (Å²) < 4.78 is 4.93. The van der Waals surface area contributed by atoms with E-state index in [1.807, 2.05) is 6.92 Å². The highest BCUT2D eigenvalue weighted by Gasteiger charge is 2.55. The molecular formula is C19H28N4O6. The molecule has 2 N–H and O–H groups in total. The molecule has 3 rings (SSSR count). The summed E-state index contributed by atoms with van der Waals surface area (Å²) in [7, 11) is 1.44. The number of likely N-dealkylation sites (N-methyl/N-ethyl adjacent to an activating group) is 1. The highest BCUT2D eigenvalue weighted by Crippen LogP contribution is 2.38. The van der Waals surface area contributed by atoms with Gasteiger partial charge in [0.15, 0.2) is 6.61 Å². The van der Waals surface area contributed by atoms with Crippen LogP contribution < -0.4 is 10.6 Å². The van der Waals surface area contributed by atoms with Gasteiger partial charge in [0.05, 0.1) is 6.54 Å². The molecule has 0 unspecified atom stereocenters. The first kappa shape index (κ1) is 21.1. The van der Waals surface area contributed by atoms with Crippen LogP contribution in [0.5, 0.6) is 0 Å². The Labute approximate surface area is 169 Å². The van der Waals surface area contributed by atoms with Crippen LogP contribution in [0.1, 0.15) is 45.4 Å². The second-order valence-electron chi connectivity index (χ2n) is 8.19. The van der Waals surface area contributed by atoms with Gasteiger partial charge in [-0.25, -0.2) is 4.79 Å². The van der Waals surface area contributed by atoms with E-state index < -0.39 is 42.5 Å². The predicted octanol–water partition coefficient (Wildman–Crippen LogP) is -0.233. The summed E-state index contributed by atoms with van der Waals surface area (Å²) in [5, 5.41) is 5.52. The van der Waals surface area contributed by atoms with E-state index in [2.05, 4.69) is 10.6 Å². The normalized spacial score (nSPS) is 26.3. The van der Waals surface area contributed by atoms with Crippen molar-refractivity contribution in [1.29, 1.82) is 0 Å². The number of esters is 1. The Morgan fingerprint density at radius 2 is 1.97 bits per heavy atom. The fourth-order valence-corrected chi connectivity index (χ4v) is 3.87. The average Bonchev–Trinajstić information content (AvgIpc) is 3.45. The lowest BCUT2D eigenvalue weighted by Gasteiger charge is -2.36. The summed E-state index contributed by atoms with van der Waals surface area (Å²) in [6.07, 6.45) is 5.12. The Hall–Kier alpha value is -2.65. The number of carbonyl (C=O) groups excluding carboxylic acids is 5. The molecule has 0 aromatic heterocycles. The quantitative estimate of drug-likeness (QED) is 0.443. The summed E-state index contributed by atoms with van der Waals surface area (Å²) in [5.41, 5.74) is -0.944. The molecule has 1 saturated heterocycles. The molecule has 5 amide bonds. The van der Waals surface area contributed by atoms with Crippen LogP contribution in [-0.4, -0.2) is 77.8 Å². The van der Waals surface area contributed by atoms with Crippen LogP contribution in [0.15, 0.2) is 0 Å². The van der Waals surface area contributed by atoms with Gasteiger partial charge in [-0.15, -0.1) is 0 Å². The first-order chi connectivity index (χ1) is 13.7. The van der Waals surface area contributed by atoms with Gasteiger partial charge in [-0.1, -0.05) is 19.8 Å². The predicted molar refractivity (Wildman–Crippen MR) is 100 cm³/mol. The third kappa shape index (κ3) is 4.68. The zero-order valence-electron chi connectivity index (χ0n) is 16.9. The Bertz CT molecular complexity index is 721. The monoisotopic (exact) mass is 408 g/mol. The first-order valence-corrected chi connectivity index (χ1v) is 10.1. The zero-order valence-corrected chi connectivity index (χ0v) is 16.9. The van der Waals surface area contributed by atoms with E-state index in [0.29, 0.717) is 6.42 Å². The van der Waals surface area contributed by atoms with E-state index in [1.165, 1.54) is 7.05 Å². The van der Waals surface area contributed by atoms with Gasteiger partial charge in [-0.2, -0.15) is 0 Å². The van der Waals surface area contributed by atoms with Crippen molar-refractivity contribution in [2.45, 2.75) is 57.0 Å². The van der Waals surface area contributed by atoms with Gasteiger partial charge in [-0.3, -0.25) is 24.1 Å². The number of urea groups is 1. The minimum absolute atomic E-state index is 0.00858. The maximum Gasteiger partial charge on any atom is 0.326 e. The maximum absolute atomic E-state index is 12.8. The molecule has 2 saturated carbocycles. The summed E-state index contributed by atoms with van der Waals surface area (Å²) in [6, 6.07) is -0.413. The molecule has 1 spiro atoms. The van der Waals surface area contributed by atoms with Crippen LogP contribution in [0.2, 0.25) is 0 Å². The number of hydrogen-bond acceptors (Lipinski definition) is 6. The molecule has 0 radical (unpaired) electrons. The van der Waals surface area contributed by atoms with Crippen molar-refractivity contribution in [3.05, 3.63) is 0 Å². The first-order valence-electron chi connectivity index (χ1n) is 10.1. The highest BCUT2D eigenvalue weighted by molar-refractivity contribution is 6.09. The van der Waals surface area contributed by atoms with Crippen LogP contribution in [0, 0.1) is 5.92 Å². The van der Waals surface area contributed by atoms with Gasteiger partial charge in [0.25, 0.3) is 11.8 Å². The van der Waals surface area contributed by atoms with Gasteiger partial charge in [-0.05, 0) is 31.6 Å². The number of rotatable bonds is 7. The van der Waals surface area contributed by atoms with Gasteiger partial charge < -0.3 is 20.3 Å². The molecule has 1 heterocycles. The molecule has 3 fully saturated rings. The van der Waals surface area contributed by atoms with Crippen molar-refractivity contribution < 1.29 is 28.7 Å². The molecule has 0 aromatic rings. The Morgan fingerprint density at radius 3 is 2.62 bits per heavy atom. The lowest BCUT2D eigenvalue weighted by Crippen LogP contribution is -2.54. The van der Waals surface area contributed by atoms with Crippen molar-refractivity contribution in [2.75, 3.05) is 26.7 Å². The van der Waals surface area contributed by atoms with Crippen LogP contribution in [-0.2, 0) is 23.9 Å². The van der Waals surface area contributed by atoms with Gasteiger partial charge >= 0.3 is 12.0 Å². The Balaban J connectivity index is 1.46. The van der Waals surface area contributed by atoms with Crippen LogP contribution in [0.25, 0.3) is 0 Å². The third-order valence-corrected chi connectivity index (χ3v) is 5.89. The Kier molecular flexibility index (Phi) is 6.09. The van der Waals surface area contributed by atoms with Crippen molar-refractivity contribution >= 4 is 29.7 Å². The van der Waals surface area contributed by atoms with Crippen LogP contribution in [0.4, 0.5) is 4.79 Å². The van der Waals surface area contributed by atoms with E-state index in [9.17, 15) is 24.0 Å². The molecular weight excluding hydrogens is 380 g/mol. The van der Waals surface area contributed by atoms with Crippen molar-refractivity contribution in [3.8, 4) is 0 Å². The van der Waals surface area contributed by atoms with Gasteiger partial charge in [0, 0.05) is 13.1 Å². The largest absolute Gasteiger partial charge is 0.454 e. The SMILES string of the molecule is C[C@H]1CCCC[C@]12NC(=O)N(CC(=O)OCC(=O)N(C)CC(=O)NC1CC1)C2=O. The summed E-state index contributed by atoms with van der Waals surface area (Å²) in [6.45, 7) is 0.697. The number of nitrogens with zero attached hydrogens (tertiary/aromatic N) is 2. The second-order valence-corrected chi connectivity index (χ2v) is 8.19. The standard InChI is InChI=1S/C19H28N4O6/c1-12-5-3-4-8-19(12)17(27)23(18(28)21-19)10-16(26)29-11-15(25)22(2)9-14(24)20-13-6-7-13/h12-13H,3-11H2,1-2H3,(H,20,24)(H,21,28)/t12-,19-/m0/s1. The Morgan fingerprint density at radius 1 is 1.24 bits per heavy atom. The molecule has 160 valence electrons. The number of hydrogen-bond donors (Lipinski definition) is 2. The van der Waals surface area contributed by atoms with E-state index >= 15 is 0 Å². The van der Waals surface area contributed by atoms with E-state index in [-0.39, 0.29) is 24.4 Å². The lowest BCUT2D eigenvalue weighted by molar-refractivity contribution is -0.154. The maximum atomic E-state index is 12.8. The summed E-state index contributed by atoms with van der Waals surface area (Å²) in [4.78, 5) is 63.0. The molecule has 0 aromatic carbocycles. The van der Waals surface area contributed by atoms with Crippen molar-refractivity contribution in [2.24, 2.45) is 5.92 Å². The van der Waals surface area contributed by atoms with E-state index in [1.54, 1.807) is 0 Å². The average molecular weight is 408 g/mol. The molecule has 0 bridgehead atoms. The minimum Gasteiger partial charge on any atom is -0.454 e. The number of carbonyl (C=O) groups is 5. The topological polar surface area (TPSA) is 125 Å². The van der Waals surface area contributed by atoms with E-state index in [0.717, 1.165) is 41.9 Å². The fraction of sp³-hybridized carbons (Fsp3) is 0.737. The highest BCUT2D eigenvalue weighted by atomic mass is 16.5. The number of ether oxygens (including phenoxy) is 1. The van der Waals surface area contributed by atoms with Crippen LogP contribution in [0.3, 0.4) is 0 Å². The van der Waals surface area contributed by atoms with E-state index in [4.69, 9.17) is 4.74 Å². The number of amides is 5. The van der Waals surface area contributed by atoms with Gasteiger partial charge in [0.1, 0.15) is 12.1 Å². The molecule has 29 heavy (non-hydrogen) atoms. The molecule has 10 nitrogen and oxygen atoms in total. The molecule has 3 aliphatic rings. The second kappa shape index (κ2) is 8.38. The zero-order chi connectivity index (χ0) is 21.2. The third-order valence-electron chi connectivity index (χ3n) is 5.89. The molecule has 2 atom stereocenters. The lowest BCUT2D eigenvalue weighted by atomic mass is 9.73. The van der Waals surface area contributed by atoms with Crippen molar-refractivity contribution in [1.82, 2.24) is 20.4 Å². The van der Waals surface area contributed by atoms with Gasteiger partial charge in [0.2, 0.25) is 5.91 Å². The molecule has 1 aliphatic heterocycles. The van der Waals surface area contributed by atoms with Crippen molar-refractivity contribution in [3.63, 3.8) is 0 Å². The summed E-state index contributed by atoms with van der Waals surface area (Å²) >= 11 is 0.